The minimum atomic E-state index is -1.40. The van der Waals surface area contributed by atoms with Gasteiger partial charge in [-0.15, -0.1) is 11.3 Å². The van der Waals surface area contributed by atoms with Crippen LogP contribution in [0.3, 0.4) is 0 Å². The van der Waals surface area contributed by atoms with Gasteiger partial charge in [-0.1, -0.05) is 30.3 Å². The first kappa shape index (κ1) is 16.9. The second-order valence-electron chi connectivity index (χ2n) is 5.03. The largest absolute Gasteiger partial charge is 0.481 e. The van der Waals surface area contributed by atoms with E-state index in [0.717, 1.165) is 16.9 Å². The van der Waals surface area contributed by atoms with Crippen molar-refractivity contribution in [1.82, 2.24) is 0 Å². The van der Waals surface area contributed by atoms with Crippen molar-refractivity contribution in [1.29, 1.82) is 0 Å². The lowest BCUT2D eigenvalue weighted by Crippen LogP contribution is -2.41. The molecule has 0 saturated heterocycles. The number of primary amides is 1. The molecule has 1 unspecified atom stereocenters. The number of benzene rings is 1. The van der Waals surface area contributed by atoms with Crippen LogP contribution in [-0.2, 0) is 9.59 Å². The van der Waals surface area contributed by atoms with Crippen LogP contribution < -0.4 is 11.5 Å². The number of ketones is 1. The number of hydrogen-bond donors (Lipinski definition) is 3. The highest BCUT2D eigenvalue weighted by Crippen LogP contribution is 2.31. The summed E-state index contributed by atoms with van der Waals surface area (Å²) in [6.45, 7) is 0. The highest BCUT2D eigenvalue weighted by atomic mass is 32.1. The average molecular weight is 332 g/mol. The van der Waals surface area contributed by atoms with Crippen molar-refractivity contribution in [2.75, 3.05) is 0 Å². The Morgan fingerprint density at radius 1 is 1.13 bits per heavy atom. The summed E-state index contributed by atoms with van der Waals surface area (Å²) in [4.78, 5) is 35.4. The molecular formula is C16H16N2O4S. The van der Waals surface area contributed by atoms with Gasteiger partial charge in [0.25, 0.3) is 0 Å². The molecule has 120 valence electrons. The van der Waals surface area contributed by atoms with E-state index in [1.807, 2.05) is 30.3 Å². The fourth-order valence-corrected chi connectivity index (χ4v) is 3.10. The molecule has 2 aromatic rings. The van der Waals surface area contributed by atoms with Crippen LogP contribution in [0, 0.1) is 5.92 Å². The number of carbonyl (C=O) groups is 3. The summed E-state index contributed by atoms with van der Waals surface area (Å²) in [5.74, 6) is -4.13. The van der Waals surface area contributed by atoms with Gasteiger partial charge in [-0.05, 0) is 23.4 Å². The van der Waals surface area contributed by atoms with Gasteiger partial charge in [-0.2, -0.15) is 0 Å². The average Bonchev–Trinajstić information content (AvgIpc) is 3.01. The number of carboxylic acids is 1. The molecule has 1 aromatic carbocycles. The van der Waals surface area contributed by atoms with Crippen LogP contribution >= 0.6 is 11.3 Å². The zero-order valence-corrected chi connectivity index (χ0v) is 13.0. The van der Waals surface area contributed by atoms with E-state index in [9.17, 15) is 19.5 Å². The highest BCUT2D eigenvalue weighted by Gasteiger charge is 2.32. The number of carboxylic acid groups (broad SMARTS) is 1. The maximum Gasteiger partial charge on any atom is 0.314 e. The van der Waals surface area contributed by atoms with Crippen molar-refractivity contribution in [2.24, 2.45) is 17.4 Å². The number of thiophene rings is 1. The Bertz CT molecular complexity index is 727. The number of rotatable bonds is 7. The van der Waals surface area contributed by atoms with Gasteiger partial charge >= 0.3 is 5.97 Å². The summed E-state index contributed by atoms with van der Waals surface area (Å²) in [5, 5.41) is 11.0. The van der Waals surface area contributed by atoms with Crippen molar-refractivity contribution >= 4 is 29.0 Å². The maximum absolute atomic E-state index is 12.6. The predicted octanol–water partition coefficient (Wildman–Crippen LogP) is 1.50. The summed E-state index contributed by atoms with van der Waals surface area (Å²) < 4.78 is 0. The Morgan fingerprint density at radius 2 is 1.78 bits per heavy atom. The van der Waals surface area contributed by atoms with Crippen LogP contribution in [0.2, 0.25) is 0 Å². The van der Waals surface area contributed by atoms with Gasteiger partial charge in [-0.25, -0.2) is 0 Å². The third-order valence-electron chi connectivity index (χ3n) is 3.44. The molecular weight excluding hydrogens is 316 g/mol. The lowest BCUT2D eigenvalue weighted by molar-refractivity contribution is -0.140. The van der Waals surface area contributed by atoms with Gasteiger partial charge < -0.3 is 16.6 Å². The molecule has 0 radical (unpaired) electrons. The van der Waals surface area contributed by atoms with Crippen LogP contribution in [0.5, 0.6) is 0 Å². The Hall–Kier alpha value is -2.51. The number of nitrogens with two attached hydrogens (primary N) is 2. The van der Waals surface area contributed by atoms with E-state index in [-0.39, 0.29) is 6.42 Å². The van der Waals surface area contributed by atoms with Crippen molar-refractivity contribution in [3.05, 3.63) is 46.7 Å². The van der Waals surface area contributed by atoms with Crippen LogP contribution in [0.15, 0.2) is 41.8 Å². The third-order valence-corrected chi connectivity index (χ3v) is 4.37. The van der Waals surface area contributed by atoms with Crippen molar-refractivity contribution in [3.63, 3.8) is 0 Å². The molecule has 0 fully saturated rings. The molecule has 0 bridgehead atoms. The van der Waals surface area contributed by atoms with E-state index in [0.29, 0.717) is 10.4 Å². The van der Waals surface area contributed by atoms with E-state index < -0.39 is 29.6 Å². The maximum atomic E-state index is 12.6. The zero-order chi connectivity index (χ0) is 17.0. The fraction of sp³-hybridized carbons (Fsp3) is 0.188. The van der Waals surface area contributed by atoms with Gasteiger partial charge in [0, 0.05) is 5.56 Å². The Balaban J connectivity index is 2.33. The molecule has 5 N–H and O–H groups in total. The molecule has 1 aromatic heterocycles. The summed E-state index contributed by atoms with van der Waals surface area (Å²) in [5.41, 5.74) is 12.1. The third kappa shape index (κ3) is 3.82. The molecule has 1 heterocycles. The lowest BCUT2D eigenvalue weighted by Gasteiger charge is -2.14. The Labute approximate surface area is 136 Å². The first-order chi connectivity index (χ1) is 10.9. The molecule has 2 atom stereocenters. The molecule has 0 spiro atoms. The van der Waals surface area contributed by atoms with Crippen LogP contribution in [0.4, 0.5) is 0 Å². The summed E-state index contributed by atoms with van der Waals surface area (Å²) in [7, 11) is 0. The first-order valence-corrected chi connectivity index (χ1v) is 7.74. The van der Waals surface area contributed by atoms with Crippen molar-refractivity contribution < 1.29 is 19.5 Å². The Kier molecular flexibility index (Phi) is 5.25. The SMILES string of the molecule is NC(=O)[C@@H](N)CC(C(=O)O)C(=O)c1sccc1-c1ccccc1. The van der Waals surface area contributed by atoms with Gasteiger partial charge in [-0.3, -0.25) is 14.4 Å². The number of carbonyl (C=O) groups excluding carboxylic acids is 2. The standard InChI is InChI=1S/C16H16N2O4S/c17-12(15(18)20)8-11(16(21)22)13(19)14-10(6-7-23-14)9-4-2-1-3-5-9/h1-7,11-12H,8,17H2,(H2,18,20)(H,21,22)/t11?,12-/m0/s1. The molecule has 6 nitrogen and oxygen atoms in total. The predicted molar refractivity (Wildman–Crippen MR) is 87.0 cm³/mol. The minimum Gasteiger partial charge on any atom is -0.481 e. The fourth-order valence-electron chi connectivity index (χ4n) is 2.19. The second kappa shape index (κ2) is 7.17. The Morgan fingerprint density at radius 3 is 2.35 bits per heavy atom. The topological polar surface area (TPSA) is 123 Å². The summed E-state index contributed by atoms with van der Waals surface area (Å²) in [6, 6.07) is 9.77. The van der Waals surface area contributed by atoms with E-state index in [1.54, 1.807) is 11.4 Å². The van der Waals surface area contributed by atoms with Gasteiger partial charge in [0.2, 0.25) is 5.91 Å². The molecule has 23 heavy (non-hydrogen) atoms. The smallest absolute Gasteiger partial charge is 0.314 e. The molecule has 0 aliphatic rings. The molecule has 0 aliphatic carbocycles. The van der Waals surface area contributed by atoms with Crippen LogP contribution in [0.1, 0.15) is 16.1 Å². The van der Waals surface area contributed by atoms with Crippen molar-refractivity contribution in [2.45, 2.75) is 12.5 Å². The molecule has 0 aliphatic heterocycles. The normalized spacial score (nSPS) is 13.3. The number of Topliss-reactive ketones (excluding diaryl/α,β-unsaturated/α-hetero) is 1. The molecule has 2 rings (SSSR count). The summed E-state index contributed by atoms with van der Waals surface area (Å²) >= 11 is 1.16. The number of hydrogen-bond acceptors (Lipinski definition) is 5. The van der Waals surface area contributed by atoms with Crippen LogP contribution in [-0.4, -0.2) is 28.8 Å². The van der Waals surface area contributed by atoms with Crippen molar-refractivity contribution in [3.8, 4) is 11.1 Å². The van der Waals surface area contributed by atoms with Gasteiger partial charge in [0.05, 0.1) is 10.9 Å². The quantitative estimate of drug-likeness (QED) is 0.523. The number of aliphatic carboxylic acids is 1. The zero-order valence-electron chi connectivity index (χ0n) is 12.1. The molecule has 1 amide bonds. The molecule has 0 saturated carbocycles. The highest BCUT2D eigenvalue weighted by molar-refractivity contribution is 7.12. The van der Waals surface area contributed by atoms with Gasteiger partial charge in [0.1, 0.15) is 5.92 Å². The van der Waals surface area contributed by atoms with Gasteiger partial charge in [0.15, 0.2) is 5.78 Å². The number of amides is 1. The monoisotopic (exact) mass is 332 g/mol. The van der Waals surface area contributed by atoms with E-state index in [1.165, 1.54) is 0 Å². The van der Waals surface area contributed by atoms with E-state index in [2.05, 4.69) is 0 Å². The lowest BCUT2D eigenvalue weighted by atomic mass is 9.92. The minimum absolute atomic E-state index is 0.324. The van der Waals surface area contributed by atoms with Crippen LogP contribution in [0.25, 0.3) is 11.1 Å². The second-order valence-corrected chi connectivity index (χ2v) is 5.95. The molecule has 7 heteroatoms. The van der Waals surface area contributed by atoms with E-state index >= 15 is 0 Å². The van der Waals surface area contributed by atoms with E-state index in [4.69, 9.17) is 11.5 Å². The first-order valence-electron chi connectivity index (χ1n) is 6.86. The summed E-state index contributed by atoms with van der Waals surface area (Å²) in [6.07, 6.45) is -0.324.